The highest BCUT2D eigenvalue weighted by Gasteiger charge is 2.37. The monoisotopic (exact) mass is 534 g/mol. The van der Waals surface area contributed by atoms with E-state index in [0.29, 0.717) is 21.3 Å². The normalized spacial score (nSPS) is 14.7. The van der Waals surface area contributed by atoms with E-state index in [1.165, 1.54) is 19.3 Å². The molecule has 0 bridgehead atoms. The van der Waals surface area contributed by atoms with Crippen LogP contribution in [0.15, 0.2) is 76.8 Å². The Morgan fingerprint density at radius 2 is 1.74 bits per heavy atom. The number of urea groups is 1. The van der Waals surface area contributed by atoms with Gasteiger partial charge in [0.15, 0.2) is 0 Å². The summed E-state index contributed by atoms with van der Waals surface area (Å²) < 4.78 is 11.3. The largest absolute Gasteiger partial charge is 0.497 e. The number of rotatable bonds is 5. The number of imide groups is 2. The van der Waals surface area contributed by atoms with Crippen LogP contribution in [-0.2, 0) is 9.59 Å². The average molecular weight is 535 g/mol. The Hall–Kier alpha value is -4.24. The summed E-state index contributed by atoms with van der Waals surface area (Å²) in [5.74, 6) is -1.73. The topological polar surface area (TPSA) is 102 Å². The van der Waals surface area contributed by atoms with E-state index in [-0.39, 0.29) is 17.0 Å². The third-order valence-electron chi connectivity index (χ3n) is 5.17. The van der Waals surface area contributed by atoms with Crippen molar-refractivity contribution in [1.82, 2.24) is 5.32 Å². The van der Waals surface area contributed by atoms with Gasteiger partial charge in [0.2, 0.25) is 0 Å². The molecule has 4 amide bonds. The molecule has 1 saturated heterocycles. The molecular formula is C26H19BrN2O6. The summed E-state index contributed by atoms with van der Waals surface area (Å²) in [5, 5.41) is 2.17. The minimum Gasteiger partial charge on any atom is -0.497 e. The molecule has 1 aliphatic rings. The second-order valence-corrected chi connectivity index (χ2v) is 8.51. The molecule has 0 aromatic heterocycles. The van der Waals surface area contributed by atoms with E-state index in [9.17, 15) is 19.2 Å². The maximum atomic E-state index is 13.2. The predicted octanol–water partition coefficient (Wildman–Crippen LogP) is 4.65. The molecule has 1 N–H and O–H groups in total. The van der Waals surface area contributed by atoms with Gasteiger partial charge < -0.3 is 9.47 Å². The summed E-state index contributed by atoms with van der Waals surface area (Å²) in [5.41, 5.74) is 1.55. The van der Waals surface area contributed by atoms with Crippen LogP contribution in [0.2, 0.25) is 0 Å². The number of esters is 1. The number of hydrogen-bond acceptors (Lipinski definition) is 6. The second kappa shape index (κ2) is 9.94. The van der Waals surface area contributed by atoms with Gasteiger partial charge in [0, 0.05) is 16.1 Å². The minimum absolute atomic E-state index is 0.136. The number of carbonyl (C=O) groups excluding carboxylic acids is 4. The van der Waals surface area contributed by atoms with Crippen molar-refractivity contribution in [2.45, 2.75) is 6.92 Å². The van der Waals surface area contributed by atoms with Crippen LogP contribution < -0.4 is 19.7 Å². The van der Waals surface area contributed by atoms with Gasteiger partial charge in [0.1, 0.15) is 17.1 Å². The zero-order valence-electron chi connectivity index (χ0n) is 18.7. The number of benzene rings is 3. The van der Waals surface area contributed by atoms with Crippen LogP contribution in [0, 0.1) is 6.92 Å². The first-order valence-corrected chi connectivity index (χ1v) is 11.2. The van der Waals surface area contributed by atoms with Crippen LogP contribution in [0.4, 0.5) is 10.5 Å². The van der Waals surface area contributed by atoms with Crippen molar-refractivity contribution < 1.29 is 28.7 Å². The molecule has 0 radical (unpaired) electrons. The molecule has 3 aromatic carbocycles. The fraction of sp³-hybridized carbons (Fsp3) is 0.0769. The molecule has 4 rings (SSSR count). The van der Waals surface area contributed by atoms with Crippen molar-refractivity contribution >= 4 is 51.5 Å². The summed E-state index contributed by atoms with van der Waals surface area (Å²) in [7, 11) is 1.46. The summed E-state index contributed by atoms with van der Waals surface area (Å²) in [6, 6.07) is 17.1. The Morgan fingerprint density at radius 3 is 2.46 bits per heavy atom. The SMILES string of the molecule is COc1cccc(N2C(=O)NC(=O)/C(=C/c3cc(Br)ccc3OC(=O)c3ccc(C)cc3)C2=O)c1. The van der Waals surface area contributed by atoms with Crippen molar-refractivity contribution in [2.75, 3.05) is 12.0 Å². The van der Waals surface area contributed by atoms with Crippen LogP contribution >= 0.6 is 15.9 Å². The van der Waals surface area contributed by atoms with Crippen molar-refractivity contribution in [3.63, 3.8) is 0 Å². The number of anilines is 1. The number of nitrogens with zero attached hydrogens (tertiary/aromatic N) is 1. The molecule has 35 heavy (non-hydrogen) atoms. The molecule has 3 aromatic rings. The molecule has 1 aliphatic heterocycles. The molecule has 9 heteroatoms. The molecular weight excluding hydrogens is 516 g/mol. The third-order valence-corrected chi connectivity index (χ3v) is 5.67. The lowest BCUT2D eigenvalue weighted by molar-refractivity contribution is -0.122. The molecule has 0 saturated carbocycles. The summed E-state index contributed by atoms with van der Waals surface area (Å²) in [6.07, 6.45) is 1.28. The third kappa shape index (κ3) is 5.15. The van der Waals surface area contributed by atoms with E-state index in [1.807, 2.05) is 6.92 Å². The highest BCUT2D eigenvalue weighted by atomic mass is 79.9. The molecule has 0 aliphatic carbocycles. The van der Waals surface area contributed by atoms with E-state index in [4.69, 9.17) is 9.47 Å². The summed E-state index contributed by atoms with van der Waals surface area (Å²) >= 11 is 3.35. The number of halogens is 1. The van der Waals surface area contributed by atoms with Gasteiger partial charge in [0.25, 0.3) is 11.8 Å². The lowest BCUT2D eigenvalue weighted by Crippen LogP contribution is -2.54. The van der Waals surface area contributed by atoms with Crippen LogP contribution in [-0.4, -0.2) is 30.9 Å². The first-order chi connectivity index (χ1) is 16.8. The van der Waals surface area contributed by atoms with Crippen LogP contribution in [0.3, 0.4) is 0 Å². The first kappa shape index (κ1) is 23.9. The molecule has 1 fully saturated rings. The molecule has 1 heterocycles. The van der Waals surface area contributed by atoms with Gasteiger partial charge in [-0.3, -0.25) is 14.9 Å². The number of ether oxygens (including phenoxy) is 2. The molecule has 8 nitrogen and oxygen atoms in total. The predicted molar refractivity (Wildman–Crippen MR) is 132 cm³/mol. The Kier molecular flexibility index (Phi) is 6.79. The van der Waals surface area contributed by atoms with Gasteiger partial charge in [-0.15, -0.1) is 0 Å². The Labute approximate surface area is 209 Å². The van der Waals surface area contributed by atoms with Gasteiger partial charge in [0.05, 0.1) is 18.4 Å². The summed E-state index contributed by atoms with van der Waals surface area (Å²) in [4.78, 5) is 51.8. The van der Waals surface area contributed by atoms with Crippen LogP contribution in [0.25, 0.3) is 6.08 Å². The zero-order valence-corrected chi connectivity index (χ0v) is 20.3. The number of aryl methyl sites for hydroxylation is 1. The maximum Gasteiger partial charge on any atom is 0.343 e. The van der Waals surface area contributed by atoms with Gasteiger partial charge in [-0.25, -0.2) is 14.5 Å². The lowest BCUT2D eigenvalue weighted by atomic mass is 10.1. The number of hydrogen-bond donors (Lipinski definition) is 1. The van der Waals surface area contributed by atoms with E-state index >= 15 is 0 Å². The van der Waals surface area contributed by atoms with Crippen LogP contribution in [0.1, 0.15) is 21.5 Å². The molecule has 0 unspecified atom stereocenters. The Morgan fingerprint density at radius 1 is 1.00 bits per heavy atom. The van der Waals surface area contributed by atoms with Crippen LogP contribution in [0.5, 0.6) is 11.5 Å². The maximum absolute atomic E-state index is 13.2. The quantitative estimate of drug-likeness (QED) is 0.221. The highest BCUT2D eigenvalue weighted by Crippen LogP contribution is 2.29. The average Bonchev–Trinajstić information content (AvgIpc) is 2.83. The van der Waals surface area contributed by atoms with E-state index in [0.717, 1.165) is 10.5 Å². The number of barbiturate groups is 1. The van der Waals surface area contributed by atoms with Gasteiger partial charge in [-0.2, -0.15) is 0 Å². The smallest absolute Gasteiger partial charge is 0.343 e. The van der Waals surface area contributed by atoms with E-state index in [1.54, 1.807) is 60.7 Å². The Balaban J connectivity index is 1.70. The Bertz CT molecular complexity index is 1380. The van der Waals surface area contributed by atoms with Gasteiger partial charge in [-0.1, -0.05) is 39.7 Å². The summed E-state index contributed by atoms with van der Waals surface area (Å²) in [6.45, 7) is 1.90. The van der Waals surface area contributed by atoms with Crippen molar-refractivity contribution in [2.24, 2.45) is 0 Å². The fourth-order valence-electron chi connectivity index (χ4n) is 3.37. The molecule has 0 spiro atoms. The van der Waals surface area contributed by atoms with E-state index < -0.39 is 23.8 Å². The number of amides is 4. The number of methoxy groups -OCH3 is 1. The highest BCUT2D eigenvalue weighted by molar-refractivity contribution is 9.10. The van der Waals surface area contributed by atoms with Crippen molar-refractivity contribution in [3.8, 4) is 11.5 Å². The number of carbonyl (C=O) groups is 4. The molecule has 0 atom stereocenters. The zero-order chi connectivity index (χ0) is 25.1. The van der Waals surface area contributed by atoms with Crippen molar-refractivity contribution in [3.05, 3.63) is 93.5 Å². The van der Waals surface area contributed by atoms with E-state index in [2.05, 4.69) is 21.2 Å². The standard InChI is InChI=1S/C26H19BrN2O6/c1-15-6-8-16(9-7-15)25(32)35-22-11-10-18(27)12-17(22)13-21-23(30)28-26(33)29(24(21)31)19-4-3-5-20(14-19)34-2/h3-14H,1-2H3,(H,28,30,33)/b21-13-. The minimum atomic E-state index is -0.884. The second-order valence-electron chi connectivity index (χ2n) is 7.60. The first-order valence-electron chi connectivity index (χ1n) is 10.4. The van der Waals surface area contributed by atoms with Crippen molar-refractivity contribution in [1.29, 1.82) is 0 Å². The number of nitrogens with one attached hydrogen (secondary N) is 1. The lowest BCUT2D eigenvalue weighted by Gasteiger charge is -2.26. The molecule has 176 valence electrons. The van der Waals surface area contributed by atoms with Gasteiger partial charge in [-0.05, 0) is 55.5 Å². The fourth-order valence-corrected chi connectivity index (χ4v) is 3.75. The van der Waals surface area contributed by atoms with Gasteiger partial charge >= 0.3 is 12.0 Å².